The van der Waals surface area contributed by atoms with Crippen molar-refractivity contribution in [3.05, 3.63) is 90.0 Å². The number of hydrogen-bond acceptors (Lipinski definition) is 5. The third kappa shape index (κ3) is 9.10. The van der Waals surface area contributed by atoms with Crippen LogP contribution in [0, 0.1) is 11.8 Å². The van der Waals surface area contributed by atoms with Crippen LogP contribution in [0.5, 0.6) is 0 Å². The van der Waals surface area contributed by atoms with Gasteiger partial charge in [0.1, 0.15) is 0 Å². The molecule has 0 aliphatic heterocycles. The fourth-order valence-corrected chi connectivity index (χ4v) is 4.45. The van der Waals surface area contributed by atoms with Crippen LogP contribution in [0.15, 0.2) is 73.2 Å². The average Bonchev–Trinajstić information content (AvgIpc) is 3.41. The highest BCUT2D eigenvalue weighted by atomic mass is 16.2. The molecule has 0 unspecified atom stereocenters. The summed E-state index contributed by atoms with van der Waals surface area (Å²) in [7, 11) is 0. The molecule has 37 heavy (non-hydrogen) atoms. The first kappa shape index (κ1) is 28.0. The number of aromatic nitrogens is 2. The summed E-state index contributed by atoms with van der Waals surface area (Å²) in [6, 6.07) is 18.2. The lowest BCUT2D eigenvalue weighted by Crippen LogP contribution is -2.51. The topological polar surface area (TPSA) is 118 Å². The van der Waals surface area contributed by atoms with E-state index in [-0.39, 0.29) is 24.2 Å². The van der Waals surface area contributed by atoms with Crippen molar-refractivity contribution < 1.29 is 14.4 Å². The van der Waals surface area contributed by atoms with Crippen LogP contribution < -0.4 is 11.1 Å². The van der Waals surface area contributed by atoms with E-state index in [1.54, 1.807) is 6.20 Å². The van der Waals surface area contributed by atoms with Gasteiger partial charge < -0.3 is 16.0 Å². The largest absolute Gasteiger partial charge is 0.348 e. The second-order valence-electron chi connectivity index (χ2n) is 10.1. The number of nitrogens with zero attached hydrogens (tertiary/aromatic N) is 1. The lowest BCUT2D eigenvalue weighted by Gasteiger charge is -2.24. The third-order valence-electron chi connectivity index (χ3n) is 6.53. The number of nitrogens with two attached hydrogens (primary N) is 1. The number of Topliss-reactive ketones (excluding diaryl/α,β-unsaturated/α-hetero) is 2. The van der Waals surface area contributed by atoms with E-state index >= 15 is 0 Å². The van der Waals surface area contributed by atoms with Crippen LogP contribution in [-0.2, 0) is 33.6 Å². The number of nitrogens with one attached hydrogen (secondary N) is 2. The molecule has 4 N–H and O–H groups in total. The van der Waals surface area contributed by atoms with Gasteiger partial charge in [0.15, 0.2) is 0 Å². The number of carbonyl (C=O) groups is 3. The van der Waals surface area contributed by atoms with Gasteiger partial charge >= 0.3 is 0 Å². The molecule has 2 aromatic carbocycles. The molecule has 3 aromatic rings. The number of aromatic amines is 1. The molecule has 0 aliphatic carbocycles. The Hall–Kier alpha value is -3.58. The Balaban J connectivity index is 1.70. The fraction of sp³-hybridized carbons (Fsp3) is 0.400. The summed E-state index contributed by atoms with van der Waals surface area (Å²) in [5.41, 5.74) is 9.07. The van der Waals surface area contributed by atoms with Crippen molar-refractivity contribution in [3.8, 4) is 0 Å². The van der Waals surface area contributed by atoms with Crippen LogP contribution in [0.1, 0.15) is 49.9 Å². The van der Waals surface area contributed by atoms with Gasteiger partial charge in [0.25, 0.3) is 0 Å². The number of H-pyrrole nitrogens is 1. The summed E-state index contributed by atoms with van der Waals surface area (Å²) in [6.45, 7) is 3.92. The number of rotatable bonds is 15. The quantitative estimate of drug-likeness (QED) is 0.273. The first-order valence-electron chi connectivity index (χ1n) is 13.0. The molecule has 0 bridgehead atoms. The minimum absolute atomic E-state index is 0.109. The van der Waals surface area contributed by atoms with E-state index in [1.165, 1.54) is 6.33 Å². The summed E-state index contributed by atoms with van der Waals surface area (Å²) < 4.78 is 0. The van der Waals surface area contributed by atoms with E-state index in [0.29, 0.717) is 25.0 Å². The standard InChI is InChI=1S/C30H38N4O3/c1-21(2)17-27(29(36)28(35)26(31)18-25-19-32-20-33-25)34-30(37)24(15-13-22-9-5-3-6-10-22)16-14-23-11-7-4-8-12-23/h3-12,19-21,24,26-27H,13-18,31H2,1-2H3,(H,32,33)(H,34,37)/t26-,27-/m0/s1. The van der Waals surface area contributed by atoms with Crippen LogP contribution in [0.4, 0.5) is 0 Å². The highest BCUT2D eigenvalue weighted by molar-refractivity contribution is 6.41. The molecule has 0 spiro atoms. The summed E-state index contributed by atoms with van der Waals surface area (Å²) in [4.78, 5) is 46.4. The molecule has 7 nitrogen and oxygen atoms in total. The van der Waals surface area contributed by atoms with Gasteiger partial charge in [-0.1, -0.05) is 74.5 Å². The molecule has 0 radical (unpaired) electrons. The molecular weight excluding hydrogens is 464 g/mol. The first-order chi connectivity index (χ1) is 17.8. The maximum Gasteiger partial charge on any atom is 0.223 e. The third-order valence-corrected chi connectivity index (χ3v) is 6.53. The van der Waals surface area contributed by atoms with Crippen molar-refractivity contribution in [2.75, 3.05) is 0 Å². The molecule has 3 rings (SSSR count). The highest BCUT2D eigenvalue weighted by Gasteiger charge is 2.32. The predicted octanol–water partition coefficient (Wildman–Crippen LogP) is 3.83. The van der Waals surface area contributed by atoms with Crippen molar-refractivity contribution in [2.45, 2.75) is 64.5 Å². The Morgan fingerprint density at radius 3 is 1.95 bits per heavy atom. The normalized spacial score (nSPS) is 12.9. The Morgan fingerprint density at radius 1 is 0.892 bits per heavy atom. The van der Waals surface area contributed by atoms with Crippen LogP contribution in [0.25, 0.3) is 0 Å². The predicted molar refractivity (Wildman–Crippen MR) is 145 cm³/mol. The van der Waals surface area contributed by atoms with E-state index in [1.807, 2.05) is 50.2 Å². The van der Waals surface area contributed by atoms with Crippen molar-refractivity contribution in [2.24, 2.45) is 17.6 Å². The summed E-state index contributed by atoms with van der Waals surface area (Å²) in [5.74, 6) is -1.69. The Morgan fingerprint density at radius 2 is 1.46 bits per heavy atom. The Kier molecular flexibility index (Phi) is 10.8. The summed E-state index contributed by atoms with van der Waals surface area (Å²) >= 11 is 0. The monoisotopic (exact) mass is 502 g/mol. The van der Waals surface area contributed by atoms with E-state index in [2.05, 4.69) is 39.6 Å². The molecule has 0 saturated heterocycles. The van der Waals surface area contributed by atoms with Crippen LogP contribution in [0.2, 0.25) is 0 Å². The van der Waals surface area contributed by atoms with Gasteiger partial charge in [0, 0.05) is 24.2 Å². The van der Waals surface area contributed by atoms with Gasteiger partial charge in [-0.05, 0) is 49.1 Å². The molecule has 196 valence electrons. The fourth-order valence-electron chi connectivity index (χ4n) is 4.45. The van der Waals surface area contributed by atoms with E-state index in [4.69, 9.17) is 5.73 Å². The van der Waals surface area contributed by atoms with Gasteiger partial charge in [-0.25, -0.2) is 4.98 Å². The van der Waals surface area contributed by atoms with E-state index in [0.717, 1.165) is 24.0 Å². The van der Waals surface area contributed by atoms with Gasteiger partial charge in [-0.3, -0.25) is 14.4 Å². The molecule has 0 aliphatic rings. The zero-order chi connectivity index (χ0) is 26.6. The van der Waals surface area contributed by atoms with Crippen LogP contribution >= 0.6 is 0 Å². The maximum atomic E-state index is 13.5. The molecule has 1 amide bonds. The molecule has 0 saturated carbocycles. The number of imidazole rings is 1. The number of hydrogen-bond donors (Lipinski definition) is 3. The second-order valence-corrected chi connectivity index (χ2v) is 10.1. The maximum absolute atomic E-state index is 13.5. The average molecular weight is 503 g/mol. The summed E-state index contributed by atoms with van der Waals surface area (Å²) in [6.07, 6.45) is 6.45. The highest BCUT2D eigenvalue weighted by Crippen LogP contribution is 2.19. The summed E-state index contributed by atoms with van der Waals surface area (Å²) in [5, 5.41) is 2.93. The van der Waals surface area contributed by atoms with Crippen molar-refractivity contribution in [1.82, 2.24) is 15.3 Å². The minimum atomic E-state index is -0.994. The molecule has 0 fully saturated rings. The van der Waals surface area contributed by atoms with E-state index < -0.39 is 23.7 Å². The molecule has 1 heterocycles. The first-order valence-corrected chi connectivity index (χ1v) is 13.0. The van der Waals surface area contributed by atoms with Crippen molar-refractivity contribution in [3.63, 3.8) is 0 Å². The number of aryl methyl sites for hydroxylation is 2. The smallest absolute Gasteiger partial charge is 0.223 e. The number of ketones is 2. The van der Waals surface area contributed by atoms with Gasteiger partial charge in [-0.2, -0.15) is 0 Å². The lowest BCUT2D eigenvalue weighted by molar-refractivity contribution is -0.140. The Bertz CT molecular complexity index is 1070. The Labute approximate surface area is 219 Å². The molecule has 7 heteroatoms. The van der Waals surface area contributed by atoms with Crippen LogP contribution in [-0.4, -0.2) is 39.5 Å². The number of benzene rings is 2. The zero-order valence-electron chi connectivity index (χ0n) is 21.7. The minimum Gasteiger partial charge on any atom is -0.348 e. The lowest BCUT2D eigenvalue weighted by atomic mass is 9.90. The van der Waals surface area contributed by atoms with Crippen molar-refractivity contribution >= 4 is 17.5 Å². The zero-order valence-corrected chi connectivity index (χ0v) is 21.7. The van der Waals surface area contributed by atoms with E-state index in [9.17, 15) is 14.4 Å². The van der Waals surface area contributed by atoms with Gasteiger partial charge in [0.2, 0.25) is 17.5 Å². The number of carbonyl (C=O) groups excluding carboxylic acids is 3. The van der Waals surface area contributed by atoms with Gasteiger partial charge in [-0.15, -0.1) is 0 Å². The SMILES string of the molecule is CC(C)C[C@H](NC(=O)C(CCc1ccccc1)CCc1ccccc1)C(=O)C(=O)[C@@H](N)Cc1cnc[nH]1. The molecule has 2 atom stereocenters. The van der Waals surface area contributed by atoms with Crippen molar-refractivity contribution in [1.29, 1.82) is 0 Å². The molecular formula is C30H38N4O3. The number of amides is 1. The second kappa shape index (κ2) is 14.2. The van der Waals surface area contributed by atoms with Gasteiger partial charge in [0.05, 0.1) is 18.4 Å². The van der Waals surface area contributed by atoms with Crippen LogP contribution in [0.3, 0.4) is 0 Å². The molecule has 1 aromatic heterocycles.